The maximum absolute atomic E-state index is 12.4. The summed E-state index contributed by atoms with van der Waals surface area (Å²) in [5.74, 6) is 0.00377. The first kappa shape index (κ1) is 12.8. The Labute approximate surface area is 122 Å². The number of halogens is 1. The molecular formula is C17H12ClNO. The molecule has 2 aromatic carbocycles. The van der Waals surface area contributed by atoms with E-state index in [2.05, 4.69) is 4.98 Å². The van der Waals surface area contributed by atoms with Crippen LogP contribution >= 0.6 is 11.6 Å². The second-order valence-electron chi connectivity index (χ2n) is 4.61. The number of aromatic nitrogens is 1. The number of carbonyl (C=O) groups is 1. The SMILES string of the molecule is O=C(Cc1cccc(Cl)c1)c1nccc2ccccc12. The van der Waals surface area contributed by atoms with E-state index in [1.165, 1.54) is 0 Å². The number of ketones is 1. The Balaban J connectivity index is 1.97. The van der Waals surface area contributed by atoms with Gasteiger partial charge in [0.2, 0.25) is 0 Å². The number of pyridine rings is 1. The Hall–Kier alpha value is -2.19. The van der Waals surface area contributed by atoms with Crippen LogP contribution in [-0.4, -0.2) is 10.8 Å². The lowest BCUT2D eigenvalue weighted by Crippen LogP contribution is -2.06. The molecule has 0 radical (unpaired) electrons. The van der Waals surface area contributed by atoms with Crippen LogP contribution in [0.15, 0.2) is 60.8 Å². The van der Waals surface area contributed by atoms with Crippen LogP contribution in [0.25, 0.3) is 10.8 Å². The van der Waals surface area contributed by atoms with Gasteiger partial charge < -0.3 is 0 Å². The first-order chi connectivity index (χ1) is 9.74. The molecule has 0 aliphatic heterocycles. The van der Waals surface area contributed by atoms with Crippen LogP contribution in [-0.2, 0) is 6.42 Å². The predicted molar refractivity (Wildman–Crippen MR) is 81.2 cm³/mol. The molecule has 3 rings (SSSR count). The summed E-state index contributed by atoms with van der Waals surface area (Å²) in [4.78, 5) is 16.7. The normalized spacial score (nSPS) is 10.7. The van der Waals surface area contributed by atoms with Crippen molar-refractivity contribution in [2.75, 3.05) is 0 Å². The van der Waals surface area contributed by atoms with E-state index in [1.807, 2.05) is 48.5 Å². The number of Topliss-reactive ketones (excluding diaryl/α,β-unsaturated/α-hetero) is 1. The van der Waals surface area contributed by atoms with Gasteiger partial charge in [0.25, 0.3) is 0 Å². The fourth-order valence-electron chi connectivity index (χ4n) is 2.26. The smallest absolute Gasteiger partial charge is 0.186 e. The zero-order valence-electron chi connectivity index (χ0n) is 10.7. The first-order valence-electron chi connectivity index (χ1n) is 6.35. The minimum Gasteiger partial charge on any atom is -0.292 e. The third-order valence-corrected chi connectivity index (χ3v) is 3.43. The largest absolute Gasteiger partial charge is 0.292 e. The summed E-state index contributed by atoms with van der Waals surface area (Å²) < 4.78 is 0. The molecule has 0 aliphatic rings. The quantitative estimate of drug-likeness (QED) is 0.670. The Morgan fingerprint density at radius 3 is 2.75 bits per heavy atom. The zero-order valence-corrected chi connectivity index (χ0v) is 11.5. The molecule has 0 fully saturated rings. The highest BCUT2D eigenvalue weighted by molar-refractivity contribution is 6.30. The lowest BCUT2D eigenvalue weighted by Gasteiger charge is -2.05. The number of hydrogen-bond donors (Lipinski definition) is 0. The van der Waals surface area contributed by atoms with Crippen LogP contribution < -0.4 is 0 Å². The fourth-order valence-corrected chi connectivity index (χ4v) is 2.47. The van der Waals surface area contributed by atoms with Crippen LogP contribution in [0, 0.1) is 0 Å². The molecule has 3 aromatic rings. The molecule has 0 amide bonds. The van der Waals surface area contributed by atoms with Gasteiger partial charge in [-0.1, -0.05) is 48.0 Å². The molecular weight excluding hydrogens is 270 g/mol. The topological polar surface area (TPSA) is 30.0 Å². The summed E-state index contributed by atoms with van der Waals surface area (Å²) in [6.45, 7) is 0. The summed E-state index contributed by atoms with van der Waals surface area (Å²) in [5, 5.41) is 2.56. The van der Waals surface area contributed by atoms with Crippen molar-refractivity contribution < 1.29 is 4.79 Å². The van der Waals surface area contributed by atoms with E-state index in [4.69, 9.17) is 11.6 Å². The fraction of sp³-hybridized carbons (Fsp3) is 0.0588. The number of carbonyl (C=O) groups excluding carboxylic acids is 1. The molecule has 3 heteroatoms. The maximum Gasteiger partial charge on any atom is 0.186 e. The third kappa shape index (κ3) is 2.56. The van der Waals surface area contributed by atoms with Gasteiger partial charge in [0.1, 0.15) is 5.69 Å². The van der Waals surface area contributed by atoms with E-state index in [0.29, 0.717) is 17.1 Å². The average molecular weight is 282 g/mol. The van der Waals surface area contributed by atoms with Crippen LogP contribution in [0.2, 0.25) is 5.02 Å². The zero-order chi connectivity index (χ0) is 13.9. The number of benzene rings is 2. The van der Waals surface area contributed by atoms with E-state index in [9.17, 15) is 4.79 Å². The van der Waals surface area contributed by atoms with Gasteiger partial charge in [0, 0.05) is 23.0 Å². The standard InChI is InChI=1S/C17H12ClNO/c18-14-6-3-4-12(10-14)11-16(20)17-15-7-2-1-5-13(15)8-9-19-17/h1-10H,11H2. The second kappa shape index (κ2) is 5.43. The van der Waals surface area contributed by atoms with Crippen LogP contribution in [0.4, 0.5) is 0 Å². The van der Waals surface area contributed by atoms with Crippen molar-refractivity contribution >= 4 is 28.2 Å². The summed E-state index contributed by atoms with van der Waals surface area (Å²) in [6.07, 6.45) is 1.98. The van der Waals surface area contributed by atoms with Gasteiger partial charge in [-0.3, -0.25) is 9.78 Å². The van der Waals surface area contributed by atoms with Crippen molar-refractivity contribution in [2.24, 2.45) is 0 Å². The Kier molecular flexibility index (Phi) is 3.48. The summed E-state index contributed by atoms with van der Waals surface area (Å²) in [6, 6.07) is 17.0. The summed E-state index contributed by atoms with van der Waals surface area (Å²) in [5.41, 5.74) is 1.42. The van der Waals surface area contributed by atoms with Gasteiger partial charge in [-0.25, -0.2) is 0 Å². The predicted octanol–water partition coefficient (Wildman–Crippen LogP) is 4.31. The molecule has 0 spiro atoms. The van der Waals surface area contributed by atoms with E-state index < -0.39 is 0 Å². The monoisotopic (exact) mass is 281 g/mol. The second-order valence-corrected chi connectivity index (χ2v) is 5.05. The van der Waals surface area contributed by atoms with E-state index >= 15 is 0 Å². The van der Waals surface area contributed by atoms with E-state index in [-0.39, 0.29) is 5.78 Å². The average Bonchev–Trinajstić information content (AvgIpc) is 2.46. The highest BCUT2D eigenvalue weighted by Crippen LogP contribution is 2.19. The van der Waals surface area contributed by atoms with Crippen molar-refractivity contribution in [1.82, 2.24) is 4.98 Å². The van der Waals surface area contributed by atoms with Gasteiger partial charge in [0.05, 0.1) is 0 Å². The first-order valence-corrected chi connectivity index (χ1v) is 6.73. The number of hydrogen-bond acceptors (Lipinski definition) is 2. The van der Waals surface area contributed by atoms with Crippen LogP contribution in [0.5, 0.6) is 0 Å². The molecule has 0 bridgehead atoms. The molecule has 0 saturated heterocycles. The third-order valence-electron chi connectivity index (χ3n) is 3.19. The highest BCUT2D eigenvalue weighted by Gasteiger charge is 2.12. The lowest BCUT2D eigenvalue weighted by molar-refractivity contribution is 0.0990. The Bertz CT molecular complexity index is 777. The minimum absolute atomic E-state index is 0.00377. The molecule has 0 N–H and O–H groups in total. The van der Waals surface area contributed by atoms with Crippen LogP contribution in [0.1, 0.15) is 16.1 Å². The molecule has 1 heterocycles. The van der Waals surface area contributed by atoms with Crippen molar-refractivity contribution in [2.45, 2.75) is 6.42 Å². The van der Waals surface area contributed by atoms with E-state index in [0.717, 1.165) is 16.3 Å². The molecule has 0 aliphatic carbocycles. The van der Waals surface area contributed by atoms with Gasteiger partial charge >= 0.3 is 0 Å². The summed E-state index contributed by atoms with van der Waals surface area (Å²) in [7, 11) is 0. The molecule has 2 nitrogen and oxygen atoms in total. The molecule has 0 unspecified atom stereocenters. The lowest BCUT2D eigenvalue weighted by atomic mass is 10.0. The Morgan fingerprint density at radius 2 is 1.90 bits per heavy atom. The van der Waals surface area contributed by atoms with Crippen molar-refractivity contribution in [3.05, 3.63) is 77.1 Å². The maximum atomic E-state index is 12.4. The minimum atomic E-state index is 0.00377. The number of rotatable bonds is 3. The summed E-state index contributed by atoms with van der Waals surface area (Å²) >= 11 is 5.94. The van der Waals surface area contributed by atoms with Gasteiger partial charge in [0.15, 0.2) is 5.78 Å². The van der Waals surface area contributed by atoms with E-state index in [1.54, 1.807) is 12.3 Å². The van der Waals surface area contributed by atoms with Gasteiger partial charge in [-0.05, 0) is 29.1 Å². The molecule has 98 valence electrons. The van der Waals surface area contributed by atoms with Gasteiger partial charge in [-0.2, -0.15) is 0 Å². The van der Waals surface area contributed by atoms with Crippen molar-refractivity contribution in [3.63, 3.8) is 0 Å². The van der Waals surface area contributed by atoms with Crippen molar-refractivity contribution in [1.29, 1.82) is 0 Å². The highest BCUT2D eigenvalue weighted by atomic mass is 35.5. The van der Waals surface area contributed by atoms with Crippen molar-refractivity contribution in [3.8, 4) is 0 Å². The van der Waals surface area contributed by atoms with Gasteiger partial charge in [-0.15, -0.1) is 0 Å². The molecule has 1 aromatic heterocycles. The number of nitrogens with zero attached hydrogens (tertiary/aromatic N) is 1. The molecule has 0 saturated carbocycles. The number of fused-ring (bicyclic) bond motifs is 1. The molecule has 20 heavy (non-hydrogen) atoms. The Morgan fingerprint density at radius 1 is 1.05 bits per heavy atom. The molecule has 0 atom stereocenters. The van der Waals surface area contributed by atoms with Crippen LogP contribution in [0.3, 0.4) is 0 Å².